The van der Waals surface area contributed by atoms with Crippen molar-refractivity contribution >= 4 is 5.91 Å². The maximum absolute atomic E-state index is 12.7. The smallest absolute Gasteiger partial charge is 0.223 e. The summed E-state index contributed by atoms with van der Waals surface area (Å²) in [7, 11) is 0. The zero-order valence-electron chi connectivity index (χ0n) is 13.6. The first kappa shape index (κ1) is 14.4. The van der Waals surface area contributed by atoms with Gasteiger partial charge < -0.3 is 4.90 Å². The Balaban J connectivity index is 1.64. The molecule has 0 spiro atoms. The SMILES string of the molecule is CC1(C)CC2CC(C)(CN2C(=O)CC2CCCCC2)C1. The molecule has 1 heterocycles. The molecule has 0 aromatic carbocycles. The fourth-order valence-electron chi connectivity index (χ4n) is 5.51. The lowest BCUT2D eigenvalue weighted by molar-refractivity contribution is -0.133. The Bertz CT molecular complexity index is 383. The average Bonchev–Trinajstić information content (AvgIpc) is 2.60. The van der Waals surface area contributed by atoms with Crippen molar-refractivity contribution in [2.45, 2.75) is 84.6 Å². The van der Waals surface area contributed by atoms with Gasteiger partial charge in [0.1, 0.15) is 0 Å². The highest BCUT2D eigenvalue weighted by Crippen LogP contribution is 2.52. The Hall–Kier alpha value is -0.530. The van der Waals surface area contributed by atoms with Crippen LogP contribution in [0, 0.1) is 16.7 Å². The normalized spacial score (nSPS) is 37.1. The maximum atomic E-state index is 12.7. The molecule has 1 saturated heterocycles. The van der Waals surface area contributed by atoms with E-state index in [9.17, 15) is 4.79 Å². The number of hydrogen-bond acceptors (Lipinski definition) is 1. The zero-order chi connectivity index (χ0) is 14.4. The third-order valence-electron chi connectivity index (χ3n) is 5.92. The number of hydrogen-bond donors (Lipinski definition) is 0. The molecule has 2 aliphatic carbocycles. The van der Waals surface area contributed by atoms with E-state index in [0.717, 1.165) is 13.0 Å². The second-order valence-electron chi connectivity index (χ2n) is 8.94. The van der Waals surface area contributed by atoms with Crippen LogP contribution in [0.2, 0.25) is 0 Å². The van der Waals surface area contributed by atoms with E-state index in [4.69, 9.17) is 0 Å². The summed E-state index contributed by atoms with van der Waals surface area (Å²) in [6.45, 7) is 8.18. The summed E-state index contributed by atoms with van der Waals surface area (Å²) in [6.07, 6.45) is 11.2. The average molecular weight is 277 g/mol. The van der Waals surface area contributed by atoms with Crippen molar-refractivity contribution in [3.8, 4) is 0 Å². The first-order valence-electron chi connectivity index (χ1n) is 8.66. The third kappa shape index (κ3) is 2.89. The molecule has 2 atom stereocenters. The second kappa shape index (κ2) is 5.03. The van der Waals surface area contributed by atoms with Gasteiger partial charge in [-0.3, -0.25) is 4.79 Å². The molecule has 2 saturated carbocycles. The van der Waals surface area contributed by atoms with Crippen molar-refractivity contribution in [2.24, 2.45) is 16.7 Å². The Morgan fingerprint density at radius 1 is 1.10 bits per heavy atom. The van der Waals surface area contributed by atoms with E-state index in [-0.39, 0.29) is 0 Å². The van der Waals surface area contributed by atoms with Crippen molar-refractivity contribution in [1.29, 1.82) is 0 Å². The van der Waals surface area contributed by atoms with E-state index < -0.39 is 0 Å². The number of carbonyl (C=O) groups excluding carboxylic acids is 1. The molecule has 2 heteroatoms. The van der Waals surface area contributed by atoms with E-state index in [1.807, 2.05) is 0 Å². The highest BCUT2D eigenvalue weighted by molar-refractivity contribution is 5.77. The maximum Gasteiger partial charge on any atom is 0.223 e. The minimum absolute atomic E-state index is 0.384. The van der Waals surface area contributed by atoms with Gasteiger partial charge in [0.25, 0.3) is 0 Å². The Morgan fingerprint density at radius 3 is 2.50 bits per heavy atom. The number of nitrogens with zero attached hydrogens (tertiary/aromatic N) is 1. The lowest BCUT2D eigenvalue weighted by atomic mass is 9.65. The molecule has 1 amide bonds. The summed E-state index contributed by atoms with van der Waals surface area (Å²) in [6, 6.07) is 0.528. The predicted molar refractivity (Wildman–Crippen MR) is 82.4 cm³/mol. The fraction of sp³-hybridized carbons (Fsp3) is 0.944. The lowest BCUT2D eigenvalue weighted by Gasteiger charge is -2.39. The second-order valence-corrected chi connectivity index (χ2v) is 8.94. The Morgan fingerprint density at radius 2 is 1.80 bits per heavy atom. The van der Waals surface area contributed by atoms with Gasteiger partial charge in [-0.05, 0) is 48.9 Å². The molecule has 1 aliphatic heterocycles. The molecular formula is C18H31NO. The fourth-order valence-corrected chi connectivity index (χ4v) is 5.51. The minimum Gasteiger partial charge on any atom is -0.339 e. The van der Waals surface area contributed by atoms with Gasteiger partial charge in [0.2, 0.25) is 5.91 Å². The van der Waals surface area contributed by atoms with E-state index in [1.165, 1.54) is 51.4 Å². The highest BCUT2D eigenvalue weighted by Gasteiger charge is 2.50. The van der Waals surface area contributed by atoms with Crippen LogP contribution in [0.1, 0.15) is 78.6 Å². The molecule has 114 valence electrons. The summed E-state index contributed by atoms with van der Waals surface area (Å²) in [4.78, 5) is 15.0. The first-order chi connectivity index (χ1) is 9.37. The van der Waals surface area contributed by atoms with Gasteiger partial charge >= 0.3 is 0 Å². The van der Waals surface area contributed by atoms with Crippen LogP contribution in [0.5, 0.6) is 0 Å². The van der Waals surface area contributed by atoms with E-state index in [0.29, 0.717) is 28.7 Å². The van der Waals surface area contributed by atoms with Crippen molar-refractivity contribution in [2.75, 3.05) is 6.54 Å². The van der Waals surface area contributed by atoms with Crippen LogP contribution < -0.4 is 0 Å². The van der Waals surface area contributed by atoms with E-state index in [1.54, 1.807) is 0 Å². The first-order valence-corrected chi connectivity index (χ1v) is 8.66. The molecule has 2 unspecified atom stereocenters. The van der Waals surface area contributed by atoms with Gasteiger partial charge in [0.05, 0.1) is 0 Å². The summed E-state index contributed by atoms with van der Waals surface area (Å²) in [5, 5.41) is 0. The summed E-state index contributed by atoms with van der Waals surface area (Å²) < 4.78 is 0. The van der Waals surface area contributed by atoms with Crippen molar-refractivity contribution < 1.29 is 4.79 Å². The van der Waals surface area contributed by atoms with E-state index >= 15 is 0 Å². The van der Waals surface area contributed by atoms with Crippen LogP contribution in [0.25, 0.3) is 0 Å². The molecule has 2 nitrogen and oxygen atoms in total. The van der Waals surface area contributed by atoms with Gasteiger partial charge in [-0.25, -0.2) is 0 Å². The summed E-state index contributed by atoms with van der Waals surface area (Å²) in [5.41, 5.74) is 0.798. The van der Waals surface area contributed by atoms with Gasteiger partial charge in [-0.1, -0.05) is 40.0 Å². The topological polar surface area (TPSA) is 20.3 Å². The van der Waals surface area contributed by atoms with E-state index in [2.05, 4.69) is 25.7 Å². The lowest BCUT2D eigenvalue weighted by Crippen LogP contribution is -2.38. The van der Waals surface area contributed by atoms with Gasteiger partial charge in [0, 0.05) is 19.0 Å². The third-order valence-corrected chi connectivity index (χ3v) is 5.92. The highest BCUT2D eigenvalue weighted by atomic mass is 16.2. The molecule has 3 rings (SSSR count). The standard InChI is InChI=1S/C18H31NO/c1-17(2)10-15-11-18(3,12-17)13-19(15)16(20)9-14-7-5-4-6-8-14/h14-15H,4-13H2,1-3H3. The quantitative estimate of drug-likeness (QED) is 0.733. The zero-order valence-corrected chi connectivity index (χ0v) is 13.6. The van der Waals surface area contributed by atoms with Gasteiger partial charge in [-0.2, -0.15) is 0 Å². The van der Waals surface area contributed by atoms with Crippen LogP contribution in [0.15, 0.2) is 0 Å². The van der Waals surface area contributed by atoms with Gasteiger partial charge in [0.15, 0.2) is 0 Å². The molecule has 0 aromatic heterocycles. The molecule has 0 radical (unpaired) electrons. The van der Waals surface area contributed by atoms with Crippen LogP contribution in [0.3, 0.4) is 0 Å². The molecule has 0 N–H and O–H groups in total. The number of fused-ring (bicyclic) bond motifs is 2. The van der Waals surface area contributed by atoms with Gasteiger partial charge in [-0.15, -0.1) is 0 Å². The Labute approximate surface area is 124 Å². The Kier molecular flexibility index (Phi) is 3.63. The van der Waals surface area contributed by atoms with Crippen molar-refractivity contribution in [3.63, 3.8) is 0 Å². The van der Waals surface area contributed by atoms with Crippen LogP contribution in [-0.2, 0) is 4.79 Å². The van der Waals surface area contributed by atoms with Crippen molar-refractivity contribution in [1.82, 2.24) is 4.90 Å². The predicted octanol–water partition coefficient (Wildman–Crippen LogP) is 4.38. The minimum atomic E-state index is 0.384. The number of carbonyl (C=O) groups is 1. The summed E-state index contributed by atoms with van der Waals surface area (Å²) >= 11 is 0. The number of likely N-dealkylation sites (tertiary alicyclic amines) is 1. The molecule has 2 bridgehead atoms. The van der Waals surface area contributed by atoms with Crippen LogP contribution in [-0.4, -0.2) is 23.4 Å². The molecule has 3 aliphatic rings. The molecule has 0 aromatic rings. The van der Waals surface area contributed by atoms with Crippen LogP contribution in [0.4, 0.5) is 0 Å². The summed E-state index contributed by atoms with van der Waals surface area (Å²) in [5.74, 6) is 1.14. The molecule has 20 heavy (non-hydrogen) atoms. The monoisotopic (exact) mass is 277 g/mol. The molecule has 3 fully saturated rings. The van der Waals surface area contributed by atoms with Crippen LogP contribution >= 0.6 is 0 Å². The number of amides is 1. The number of rotatable bonds is 2. The van der Waals surface area contributed by atoms with Crippen molar-refractivity contribution in [3.05, 3.63) is 0 Å². The molecular weight excluding hydrogens is 246 g/mol. The largest absolute Gasteiger partial charge is 0.339 e.